The summed E-state index contributed by atoms with van der Waals surface area (Å²) in [5, 5.41) is 0. The maximum absolute atomic E-state index is 12.0. The van der Waals surface area contributed by atoms with E-state index in [1.807, 2.05) is 31.2 Å². The normalized spacial score (nSPS) is 16.3. The first kappa shape index (κ1) is 15.0. The molecule has 1 unspecified atom stereocenters. The Morgan fingerprint density at radius 3 is 2.85 bits per heavy atom. The molecule has 2 rings (SSSR count). The Labute approximate surface area is 120 Å². The molecule has 1 aromatic carbocycles. The molecule has 108 valence electrons. The Hall–Kier alpha value is -1.35. The minimum Gasteiger partial charge on any atom is -0.320 e. The van der Waals surface area contributed by atoms with Crippen LogP contribution < -0.4 is 10.5 Å². The van der Waals surface area contributed by atoms with Crippen molar-refractivity contribution in [1.29, 1.82) is 0 Å². The quantitative estimate of drug-likeness (QED) is 0.806. The van der Waals surface area contributed by atoms with E-state index in [0.29, 0.717) is 12.5 Å². The molecular weight excluding hydrogens is 272 g/mol. The van der Waals surface area contributed by atoms with Crippen LogP contribution in [-0.2, 0) is 10.0 Å². The van der Waals surface area contributed by atoms with Gasteiger partial charge in [0.15, 0.2) is 0 Å². The van der Waals surface area contributed by atoms with Gasteiger partial charge in [-0.25, -0.2) is 13.1 Å². The topological polar surface area (TPSA) is 72.2 Å². The number of nitrogens with two attached hydrogens (primary N) is 1. The summed E-state index contributed by atoms with van der Waals surface area (Å²) in [4.78, 5) is 0. The highest BCUT2D eigenvalue weighted by Crippen LogP contribution is 2.30. The molecule has 0 saturated heterocycles. The fourth-order valence-electron chi connectivity index (χ4n) is 2.02. The Morgan fingerprint density at radius 1 is 1.45 bits per heavy atom. The van der Waals surface area contributed by atoms with Crippen LogP contribution >= 0.6 is 0 Å². The van der Waals surface area contributed by atoms with Gasteiger partial charge in [0.25, 0.3) is 0 Å². The number of rotatable bonds is 5. The molecule has 4 nitrogen and oxygen atoms in total. The maximum atomic E-state index is 12.0. The Morgan fingerprint density at radius 2 is 2.20 bits per heavy atom. The number of nitrogens with one attached hydrogen (secondary N) is 1. The van der Waals surface area contributed by atoms with Crippen LogP contribution in [0.15, 0.2) is 24.3 Å². The molecule has 0 amide bonds. The number of sulfonamides is 1. The molecule has 3 N–H and O–H groups in total. The molecule has 1 saturated carbocycles. The molecule has 0 aromatic heterocycles. The van der Waals surface area contributed by atoms with Crippen LogP contribution in [0.3, 0.4) is 0 Å². The van der Waals surface area contributed by atoms with Crippen molar-refractivity contribution in [2.24, 2.45) is 11.7 Å². The van der Waals surface area contributed by atoms with Gasteiger partial charge < -0.3 is 5.73 Å². The van der Waals surface area contributed by atoms with E-state index in [4.69, 9.17) is 5.73 Å². The first-order valence-electron chi connectivity index (χ1n) is 6.79. The molecule has 0 radical (unpaired) electrons. The lowest BCUT2D eigenvalue weighted by Crippen LogP contribution is -2.29. The van der Waals surface area contributed by atoms with E-state index in [1.54, 1.807) is 0 Å². The largest absolute Gasteiger partial charge is 0.320 e. The summed E-state index contributed by atoms with van der Waals surface area (Å²) in [5.74, 6) is 6.33. The van der Waals surface area contributed by atoms with E-state index < -0.39 is 10.0 Å². The van der Waals surface area contributed by atoms with Crippen LogP contribution in [0.5, 0.6) is 0 Å². The number of benzene rings is 1. The lowest BCUT2D eigenvalue weighted by molar-refractivity contribution is 0.563. The summed E-state index contributed by atoms with van der Waals surface area (Å²) in [7, 11) is -3.20. The van der Waals surface area contributed by atoms with E-state index >= 15 is 0 Å². The van der Waals surface area contributed by atoms with Crippen molar-refractivity contribution in [3.8, 4) is 11.8 Å². The maximum Gasteiger partial charge on any atom is 0.212 e. The smallest absolute Gasteiger partial charge is 0.212 e. The van der Waals surface area contributed by atoms with Gasteiger partial charge >= 0.3 is 0 Å². The highest BCUT2D eigenvalue weighted by Gasteiger charge is 2.28. The van der Waals surface area contributed by atoms with Gasteiger partial charge in [0.05, 0.1) is 12.3 Å². The third-order valence-corrected chi connectivity index (χ3v) is 4.85. The Kier molecular flexibility index (Phi) is 4.81. The second-order valence-corrected chi connectivity index (χ2v) is 6.99. The van der Waals surface area contributed by atoms with Crippen LogP contribution in [-0.4, -0.2) is 20.7 Å². The van der Waals surface area contributed by atoms with Crippen molar-refractivity contribution in [3.63, 3.8) is 0 Å². The molecule has 0 spiro atoms. The van der Waals surface area contributed by atoms with Crippen LogP contribution in [0.1, 0.15) is 36.9 Å². The van der Waals surface area contributed by atoms with Gasteiger partial charge in [0.2, 0.25) is 10.0 Å². The zero-order valence-electron chi connectivity index (χ0n) is 11.6. The summed E-state index contributed by atoms with van der Waals surface area (Å²) in [6.45, 7) is 2.16. The van der Waals surface area contributed by atoms with Crippen molar-refractivity contribution in [1.82, 2.24) is 4.72 Å². The number of hydrogen-bond acceptors (Lipinski definition) is 3. The van der Waals surface area contributed by atoms with E-state index in [0.717, 1.165) is 24.0 Å². The van der Waals surface area contributed by atoms with Crippen LogP contribution in [0.25, 0.3) is 0 Å². The average Bonchev–Trinajstić information content (AvgIpc) is 3.19. The molecule has 1 fully saturated rings. The molecule has 0 aliphatic heterocycles. The fraction of sp³-hybridized carbons (Fsp3) is 0.467. The molecule has 0 bridgehead atoms. The summed E-state index contributed by atoms with van der Waals surface area (Å²) < 4.78 is 26.7. The Bertz CT molecular complexity index is 625. The molecule has 1 atom stereocenters. The van der Waals surface area contributed by atoms with Gasteiger partial charge in [-0.1, -0.05) is 24.0 Å². The zero-order chi connectivity index (χ0) is 14.6. The Balaban J connectivity index is 2.06. The summed E-state index contributed by atoms with van der Waals surface area (Å²) >= 11 is 0. The van der Waals surface area contributed by atoms with Crippen molar-refractivity contribution >= 4 is 10.0 Å². The molecule has 1 aliphatic carbocycles. The van der Waals surface area contributed by atoms with Crippen molar-refractivity contribution < 1.29 is 8.42 Å². The van der Waals surface area contributed by atoms with Crippen molar-refractivity contribution in [3.05, 3.63) is 35.4 Å². The monoisotopic (exact) mass is 292 g/mol. The van der Waals surface area contributed by atoms with Gasteiger partial charge in [-0.2, -0.15) is 0 Å². The minimum atomic E-state index is -3.20. The van der Waals surface area contributed by atoms with Crippen molar-refractivity contribution in [2.45, 2.75) is 25.8 Å². The molecule has 1 aromatic rings. The molecule has 0 heterocycles. The summed E-state index contributed by atoms with van der Waals surface area (Å²) in [5.41, 5.74) is 7.10. The number of hydrogen-bond donors (Lipinski definition) is 2. The molecule has 20 heavy (non-hydrogen) atoms. The summed E-state index contributed by atoms with van der Waals surface area (Å²) in [6.07, 6.45) is 2.05. The van der Waals surface area contributed by atoms with Crippen LogP contribution in [0, 0.1) is 17.8 Å². The minimum absolute atomic E-state index is 0.240. The van der Waals surface area contributed by atoms with E-state index in [-0.39, 0.29) is 11.8 Å². The first-order valence-corrected chi connectivity index (χ1v) is 8.44. The third kappa shape index (κ3) is 4.64. The lowest BCUT2D eigenvalue weighted by Gasteiger charge is -2.14. The predicted octanol–water partition coefficient (Wildman–Crippen LogP) is 1.39. The van der Waals surface area contributed by atoms with Crippen LogP contribution in [0.4, 0.5) is 0 Å². The highest BCUT2D eigenvalue weighted by molar-refractivity contribution is 7.89. The van der Waals surface area contributed by atoms with Gasteiger partial charge in [0, 0.05) is 11.6 Å². The first-order chi connectivity index (χ1) is 9.50. The average molecular weight is 292 g/mol. The second-order valence-electron chi connectivity index (χ2n) is 5.20. The zero-order valence-corrected chi connectivity index (χ0v) is 12.4. The standard InChI is InChI=1S/C15H20N2O2S/c1-12(17-20(18,19)11-14-7-8-14)15-6-2-4-13(10-15)5-3-9-16/h2,4,6,10,12,14,17H,7-9,11,16H2,1H3. The van der Waals surface area contributed by atoms with Gasteiger partial charge in [-0.3, -0.25) is 0 Å². The van der Waals surface area contributed by atoms with Gasteiger partial charge in [-0.05, 0) is 43.4 Å². The van der Waals surface area contributed by atoms with E-state index in [1.165, 1.54) is 0 Å². The lowest BCUT2D eigenvalue weighted by atomic mass is 10.1. The molecular formula is C15H20N2O2S. The SMILES string of the molecule is CC(NS(=O)(=O)CC1CC1)c1cccc(C#CCN)c1. The predicted molar refractivity (Wildman–Crippen MR) is 80.4 cm³/mol. The van der Waals surface area contributed by atoms with Gasteiger partial charge in [0.1, 0.15) is 0 Å². The van der Waals surface area contributed by atoms with Crippen LogP contribution in [0.2, 0.25) is 0 Å². The summed E-state index contributed by atoms with van der Waals surface area (Å²) in [6, 6.07) is 7.31. The third-order valence-electron chi connectivity index (χ3n) is 3.23. The molecule has 1 aliphatic rings. The highest BCUT2D eigenvalue weighted by atomic mass is 32.2. The fourth-order valence-corrected chi connectivity index (χ4v) is 3.74. The van der Waals surface area contributed by atoms with Gasteiger partial charge in [-0.15, -0.1) is 0 Å². The van der Waals surface area contributed by atoms with E-state index in [2.05, 4.69) is 16.6 Å². The van der Waals surface area contributed by atoms with E-state index in [9.17, 15) is 8.42 Å². The molecule has 5 heteroatoms. The van der Waals surface area contributed by atoms with Crippen molar-refractivity contribution in [2.75, 3.05) is 12.3 Å². The second kappa shape index (κ2) is 6.40.